The van der Waals surface area contributed by atoms with Crippen LogP contribution < -0.4 is 0 Å². The molecule has 2 aromatic rings. The van der Waals surface area contributed by atoms with Crippen molar-refractivity contribution in [2.45, 2.75) is 33.3 Å². The maximum absolute atomic E-state index is 12.2. The van der Waals surface area contributed by atoms with Gasteiger partial charge < -0.3 is 4.74 Å². The molecule has 1 aromatic heterocycles. The number of aryl methyl sites for hydroxylation is 1. The highest BCUT2D eigenvalue weighted by Crippen LogP contribution is 2.28. The van der Waals surface area contributed by atoms with Gasteiger partial charge in [-0.05, 0) is 44.0 Å². The van der Waals surface area contributed by atoms with Crippen LogP contribution in [0.25, 0.3) is 11.3 Å². The molecule has 0 amide bonds. The molecule has 0 aliphatic heterocycles. The Kier molecular flexibility index (Phi) is 5.43. The van der Waals surface area contributed by atoms with E-state index in [0.717, 1.165) is 11.1 Å². The third kappa shape index (κ3) is 3.79. The number of rotatable bonds is 4. The average Bonchev–Trinajstić information content (AvgIpc) is 2.48. The molecule has 0 radical (unpaired) electrons. The molecule has 0 aliphatic carbocycles. The molecule has 1 aromatic carbocycles. The van der Waals surface area contributed by atoms with E-state index in [1.807, 2.05) is 26.8 Å². The largest absolute Gasteiger partial charge is 0.459 e. The average molecular weight is 338 g/mol. The number of carbonyl (C=O) groups is 1. The van der Waals surface area contributed by atoms with Gasteiger partial charge >= 0.3 is 5.97 Å². The monoisotopic (exact) mass is 337 g/mol. The van der Waals surface area contributed by atoms with Gasteiger partial charge in [-0.1, -0.05) is 36.2 Å². The van der Waals surface area contributed by atoms with Gasteiger partial charge in [0.2, 0.25) is 0 Å². The SMILES string of the molecule is CCc1cnc(-c2ccc(Cl)c(Cl)c2)cc1C(=O)OC(C)C. The highest BCUT2D eigenvalue weighted by molar-refractivity contribution is 6.42. The maximum atomic E-state index is 12.2. The first-order valence-electron chi connectivity index (χ1n) is 7.07. The van der Waals surface area contributed by atoms with E-state index in [1.54, 1.807) is 24.4 Å². The number of halogens is 2. The summed E-state index contributed by atoms with van der Waals surface area (Å²) < 4.78 is 5.30. The van der Waals surface area contributed by atoms with Crippen molar-refractivity contribution in [3.8, 4) is 11.3 Å². The lowest BCUT2D eigenvalue weighted by Gasteiger charge is -2.12. The van der Waals surface area contributed by atoms with Crippen molar-refractivity contribution in [3.63, 3.8) is 0 Å². The molecule has 116 valence electrons. The Morgan fingerprint density at radius 3 is 2.55 bits per heavy atom. The first-order chi connectivity index (χ1) is 10.4. The van der Waals surface area contributed by atoms with Gasteiger partial charge in [0.05, 0.1) is 27.4 Å². The molecule has 0 atom stereocenters. The van der Waals surface area contributed by atoms with Crippen LogP contribution in [0.15, 0.2) is 30.5 Å². The summed E-state index contributed by atoms with van der Waals surface area (Å²) in [4.78, 5) is 16.6. The molecule has 22 heavy (non-hydrogen) atoms. The van der Waals surface area contributed by atoms with E-state index >= 15 is 0 Å². The Hall–Kier alpha value is -1.58. The molecule has 0 spiro atoms. The fraction of sp³-hybridized carbons (Fsp3) is 0.294. The second-order valence-corrected chi connectivity index (χ2v) is 5.98. The van der Waals surface area contributed by atoms with Crippen LogP contribution in [0.3, 0.4) is 0 Å². The summed E-state index contributed by atoms with van der Waals surface area (Å²) in [6, 6.07) is 7.00. The number of esters is 1. The lowest BCUT2D eigenvalue weighted by Crippen LogP contribution is -2.14. The molecular weight excluding hydrogens is 321 g/mol. The third-order valence-corrected chi connectivity index (χ3v) is 3.88. The summed E-state index contributed by atoms with van der Waals surface area (Å²) >= 11 is 12.0. The number of benzene rings is 1. The van der Waals surface area contributed by atoms with Crippen molar-refractivity contribution in [1.29, 1.82) is 0 Å². The second-order valence-electron chi connectivity index (χ2n) is 5.16. The topological polar surface area (TPSA) is 39.2 Å². The number of aromatic nitrogens is 1. The van der Waals surface area contributed by atoms with Crippen LogP contribution in [-0.2, 0) is 11.2 Å². The summed E-state index contributed by atoms with van der Waals surface area (Å²) in [6.45, 7) is 5.62. The molecular formula is C17H17Cl2NO2. The molecule has 3 nitrogen and oxygen atoms in total. The summed E-state index contributed by atoms with van der Waals surface area (Å²) in [5, 5.41) is 0.932. The van der Waals surface area contributed by atoms with Gasteiger partial charge in [-0.15, -0.1) is 0 Å². The highest BCUT2D eigenvalue weighted by atomic mass is 35.5. The Balaban J connectivity index is 2.46. The third-order valence-electron chi connectivity index (χ3n) is 3.15. The molecule has 0 fully saturated rings. The number of nitrogens with zero attached hydrogens (tertiary/aromatic N) is 1. The number of ether oxygens (including phenoxy) is 1. The summed E-state index contributed by atoms with van der Waals surface area (Å²) in [6.07, 6.45) is 2.24. The quantitative estimate of drug-likeness (QED) is 0.721. The van der Waals surface area contributed by atoms with E-state index in [4.69, 9.17) is 27.9 Å². The maximum Gasteiger partial charge on any atom is 0.338 e. The van der Waals surface area contributed by atoms with E-state index < -0.39 is 0 Å². The summed E-state index contributed by atoms with van der Waals surface area (Å²) in [7, 11) is 0. The molecule has 5 heteroatoms. The summed E-state index contributed by atoms with van der Waals surface area (Å²) in [5.74, 6) is -0.337. The van der Waals surface area contributed by atoms with Gasteiger partial charge in [-0.2, -0.15) is 0 Å². The Labute approximate surface area is 140 Å². The molecule has 1 heterocycles. The minimum absolute atomic E-state index is 0.168. The van der Waals surface area contributed by atoms with Gasteiger partial charge in [0, 0.05) is 11.8 Å². The second kappa shape index (κ2) is 7.12. The van der Waals surface area contributed by atoms with Crippen LogP contribution in [-0.4, -0.2) is 17.1 Å². The van der Waals surface area contributed by atoms with Crippen LogP contribution in [0.5, 0.6) is 0 Å². The van der Waals surface area contributed by atoms with Crippen LogP contribution in [0.1, 0.15) is 36.7 Å². The van der Waals surface area contributed by atoms with Crippen LogP contribution in [0.2, 0.25) is 10.0 Å². The zero-order chi connectivity index (χ0) is 16.3. The van der Waals surface area contributed by atoms with E-state index in [2.05, 4.69) is 4.98 Å². The van der Waals surface area contributed by atoms with Crippen molar-refractivity contribution in [1.82, 2.24) is 4.98 Å². The van der Waals surface area contributed by atoms with Crippen LogP contribution in [0.4, 0.5) is 0 Å². The molecule has 0 N–H and O–H groups in total. The number of carbonyl (C=O) groups excluding carboxylic acids is 1. The lowest BCUT2D eigenvalue weighted by molar-refractivity contribution is 0.0376. The fourth-order valence-electron chi connectivity index (χ4n) is 2.05. The van der Waals surface area contributed by atoms with E-state index in [9.17, 15) is 4.79 Å². The number of pyridine rings is 1. The highest BCUT2D eigenvalue weighted by Gasteiger charge is 2.16. The molecule has 0 bridgehead atoms. The van der Waals surface area contributed by atoms with Crippen molar-refractivity contribution in [3.05, 3.63) is 51.6 Å². The van der Waals surface area contributed by atoms with Gasteiger partial charge in [-0.25, -0.2) is 4.79 Å². The normalized spacial score (nSPS) is 10.8. The fourth-order valence-corrected chi connectivity index (χ4v) is 2.34. The first kappa shape index (κ1) is 16.8. The summed E-state index contributed by atoms with van der Waals surface area (Å²) in [5.41, 5.74) is 2.85. The van der Waals surface area contributed by atoms with E-state index in [0.29, 0.717) is 27.7 Å². The van der Waals surface area contributed by atoms with Crippen molar-refractivity contribution >= 4 is 29.2 Å². The van der Waals surface area contributed by atoms with Crippen molar-refractivity contribution < 1.29 is 9.53 Å². The zero-order valence-electron chi connectivity index (χ0n) is 12.7. The van der Waals surface area contributed by atoms with E-state index in [1.165, 1.54) is 0 Å². The van der Waals surface area contributed by atoms with Crippen molar-refractivity contribution in [2.24, 2.45) is 0 Å². The Morgan fingerprint density at radius 1 is 1.23 bits per heavy atom. The molecule has 0 saturated heterocycles. The smallest absolute Gasteiger partial charge is 0.338 e. The Bertz CT molecular complexity index is 699. The van der Waals surface area contributed by atoms with Gasteiger partial charge in [0.25, 0.3) is 0 Å². The van der Waals surface area contributed by atoms with Gasteiger partial charge in [-0.3, -0.25) is 4.98 Å². The number of hydrogen-bond acceptors (Lipinski definition) is 3. The minimum atomic E-state index is -0.337. The Morgan fingerprint density at radius 2 is 1.95 bits per heavy atom. The molecule has 0 unspecified atom stereocenters. The van der Waals surface area contributed by atoms with Crippen LogP contribution in [0, 0.1) is 0 Å². The van der Waals surface area contributed by atoms with E-state index in [-0.39, 0.29) is 12.1 Å². The predicted octanol–water partition coefficient (Wildman–Crippen LogP) is 5.18. The van der Waals surface area contributed by atoms with Crippen molar-refractivity contribution in [2.75, 3.05) is 0 Å². The predicted molar refractivity (Wildman–Crippen MR) is 89.6 cm³/mol. The standard InChI is InChI=1S/C17H17Cl2NO2/c1-4-11-9-20-16(8-13(11)17(21)22-10(2)3)12-5-6-14(18)15(19)7-12/h5-10H,4H2,1-3H3. The van der Waals surface area contributed by atoms with Crippen LogP contribution >= 0.6 is 23.2 Å². The molecule has 0 saturated carbocycles. The van der Waals surface area contributed by atoms with Gasteiger partial charge in [0.15, 0.2) is 0 Å². The number of hydrogen-bond donors (Lipinski definition) is 0. The first-order valence-corrected chi connectivity index (χ1v) is 7.83. The lowest BCUT2D eigenvalue weighted by atomic mass is 10.0. The zero-order valence-corrected chi connectivity index (χ0v) is 14.2. The molecule has 2 rings (SSSR count). The molecule has 0 aliphatic rings. The minimum Gasteiger partial charge on any atom is -0.459 e. The van der Waals surface area contributed by atoms with Gasteiger partial charge in [0.1, 0.15) is 0 Å².